The Bertz CT molecular complexity index is 429. The number of Topliss-reactive ketones (excluding diaryl/α,β-unsaturated/α-hetero) is 1. The zero-order chi connectivity index (χ0) is 14.4. The number of aliphatic carboxylic acids is 1. The highest BCUT2D eigenvalue weighted by molar-refractivity contribution is 6.38. The number of amides is 1. The Kier molecular flexibility index (Phi) is 3.41. The molecule has 1 N–H and O–H groups in total. The van der Waals surface area contributed by atoms with Gasteiger partial charge in [0.25, 0.3) is 5.91 Å². The second kappa shape index (κ2) is 4.62. The lowest BCUT2D eigenvalue weighted by atomic mass is 9.84. The lowest BCUT2D eigenvalue weighted by Gasteiger charge is -2.34. The van der Waals surface area contributed by atoms with E-state index in [1.165, 1.54) is 4.90 Å². The molecule has 3 unspecified atom stereocenters. The van der Waals surface area contributed by atoms with Crippen molar-refractivity contribution < 1.29 is 19.5 Å². The fraction of sp³-hybridized carbons (Fsp3) is 0.786. The summed E-state index contributed by atoms with van der Waals surface area (Å²) in [5, 5.41) is 9.29. The van der Waals surface area contributed by atoms with Crippen molar-refractivity contribution in [2.75, 3.05) is 0 Å². The first-order valence-electron chi connectivity index (χ1n) is 6.89. The number of ketones is 1. The third-order valence-electron chi connectivity index (χ3n) is 4.77. The summed E-state index contributed by atoms with van der Waals surface area (Å²) in [5.74, 6) is -2.04. The minimum Gasteiger partial charge on any atom is -0.480 e. The number of rotatable bonds is 4. The maximum atomic E-state index is 12.4. The molecule has 106 valence electrons. The highest BCUT2D eigenvalue weighted by Crippen LogP contribution is 2.43. The molecule has 5 nitrogen and oxygen atoms in total. The maximum absolute atomic E-state index is 12.4. The van der Waals surface area contributed by atoms with Crippen molar-refractivity contribution in [1.82, 2.24) is 4.90 Å². The Morgan fingerprint density at radius 3 is 2.42 bits per heavy atom. The second-order valence-electron chi connectivity index (χ2n) is 6.29. The van der Waals surface area contributed by atoms with Gasteiger partial charge >= 0.3 is 5.97 Å². The van der Waals surface area contributed by atoms with Gasteiger partial charge in [-0.3, -0.25) is 9.59 Å². The van der Waals surface area contributed by atoms with E-state index in [9.17, 15) is 19.5 Å². The number of carbonyl (C=O) groups is 3. The van der Waals surface area contributed by atoms with Crippen LogP contribution in [-0.2, 0) is 14.4 Å². The molecule has 1 saturated carbocycles. The first-order valence-corrected chi connectivity index (χ1v) is 6.89. The van der Waals surface area contributed by atoms with Crippen LogP contribution < -0.4 is 0 Å². The van der Waals surface area contributed by atoms with Crippen molar-refractivity contribution in [3.05, 3.63) is 0 Å². The Morgan fingerprint density at radius 1 is 1.26 bits per heavy atom. The molecule has 1 saturated heterocycles. The van der Waals surface area contributed by atoms with Crippen LogP contribution in [0, 0.1) is 11.3 Å². The Labute approximate surface area is 113 Å². The van der Waals surface area contributed by atoms with Gasteiger partial charge in [0.15, 0.2) is 0 Å². The molecule has 1 aliphatic heterocycles. The molecule has 3 atom stereocenters. The molecule has 1 aliphatic carbocycles. The van der Waals surface area contributed by atoms with E-state index in [4.69, 9.17) is 0 Å². The minimum atomic E-state index is -0.984. The second-order valence-corrected chi connectivity index (χ2v) is 6.29. The standard InChI is InChI=1S/C14H21NO4/c1-4-14(2,3)11(16)12(17)15-9-6-5-8(7-9)10(15)13(18)19/h8-10H,4-7H2,1-3H3,(H,18,19). The van der Waals surface area contributed by atoms with Gasteiger partial charge in [0, 0.05) is 11.5 Å². The van der Waals surface area contributed by atoms with Crippen LogP contribution in [0.4, 0.5) is 0 Å². The van der Waals surface area contributed by atoms with Crippen LogP contribution in [0.3, 0.4) is 0 Å². The van der Waals surface area contributed by atoms with Crippen LogP contribution in [0.15, 0.2) is 0 Å². The maximum Gasteiger partial charge on any atom is 0.326 e. The van der Waals surface area contributed by atoms with Crippen molar-refractivity contribution in [2.45, 2.75) is 58.5 Å². The van der Waals surface area contributed by atoms with E-state index in [2.05, 4.69) is 0 Å². The zero-order valence-electron chi connectivity index (χ0n) is 11.7. The summed E-state index contributed by atoms with van der Waals surface area (Å²) in [7, 11) is 0. The van der Waals surface area contributed by atoms with Gasteiger partial charge in [0.2, 0.25) is 5.78 Å². The van der Waals surface area contributed by atoms with Crippen molar-refractivity contribution in [3.8, 4) is 0 Å². The van der Waals surface area contributed by atoms with Gasteiger partial charge in [-0.1, -0.05) is 20.8 Å². The molecule has 0 radical (unpaired) electrons. The van der Waals surface area contributed by atoms with Gasteiger partial charge < -0.3 is 10.0 Å². The number of carbonyl (C=O) groups excluding carboxylic acids is 2. The third kappa shape index (κ3) is 2.15. The van der Waals surface area contributed by atoms with E-state index in [-0.39, 0.29) is 12.0 Å². The quantitative estimate of drug-likeness (QED) is 0.782. The summed E-state index contributed by atoms with van der Waals surface area (Å²) in [4.78, 5) is 37.3. The summed E-state index contributed by atoms with van der Waals surface area (Å²) in [5.41, 5.74) is -0.720. The molecule has 1 amide bonds. The number of piperidine rings is 1. The molecule has 2 aliphatic rings. The zero-order valence-corrected chi connectivity index (χ0v) is 11.7. The molecule has 2 fully saturated rings. The first kappa shape index (κ1) is 14.0. The average Bonchev–Trinajstić information content (AvgIpc) is 2.96. The van der Waals surface area contributed by atoms with Crippen LogP contribution in [0.2, 0.25) is 0 Å². The van der Waals surface area contributed by atoms with Crippen LogP contribution in [0.5, 0.6) is 0 Å². The van der Waals surface area contributed by atoms with E-state index in [0.29, 0.717) is 6.42 Å². The van der Waals surface area contributed by atoms with Crippen LogP contribution in [0.25, 0.3) is 0 Å². The molecule has 2 rings (SSSR count). The van der Waals surface area contributed by atoms with E-state index in [1.807, 2.05) is 6.92 Å². The van der Waals surface area contributed by atoms with Crippen LogP contribution >= 0.6 is 0 Å². The number of hydrogen-bond acceptors (Lipinski definition) is 3. The van der Waals surface area contributed by atoms with Gasteiger partial charge in [-0.15, -0.1) is 0 Å². The van der Waals surface area contributed by atoms with Gasteiger partial charge in [-0.05, 0) is 31.6 Å². The molecule has 2 bridgehead atoms. The van der Waals surface area contributed by atoms with Crippen LogP contribution in [-0.4, -0.2) is 39.7 Å². The van der Waals surface area contributed by atoms with Crippen molar-refractivity contribution in [1.29, 1.82) is 0 Å². The predicted octanol–water partition coefficient (Wildman–Crippen LogP) is 1.46. The molecule has 0 aromatic heterocycles. The molecular formula is C14H21NO4. The molecule has 0 aromatic rings. The average molecular weight is 267 g/mol. The molecular weight excluding hydrogens is 246 g/mol. The third-order valence-corrected chi connectivity index (χ3v) is 4.77. The van der Waals surface area contributed by atoms with Crippen LogP contribution in [0.1, 0.15) is 46.5 Å². The fourth-order valence-corrected chi connectivity index (χ4v) is 3.17. The molecule has 0 aromatic carbocycles. The van der Waals surface area contributed by atoms with Gasteiger partial charge in [0.05, 0.1) is 0 Å². The highest BCUT2D eigenvalue weighted by Gasteiger charge is 2.53. The minimum absolute atomic E-state index is 0.0176. The smallest absolute Gasteiger partial charge is 0.326 e. The Hall–Kier alpha value is -1.39. The monoisotopic (exact) mass is 267 g/mol. The number of nitrogens with zero attached hydrogens (tertiary/aromatic N) is 1. The lowest BCUT2D eigenvalue weighted by molar-refractivity contribution is -0.158. The normalized spacial score (nSPS) is 29.6. The summed E-state index contributed by atoms with van der Waals surface area (Å²) in [6, 6.07) is -0.863. The number of likely N-dealkylation sites (tertiary alicyclic amines) is 1. The summed E-state index contributed by atoms with van der Waals surface area (Å²) < 4.78 is 0. The van der Waals surface area contributed by atoms with E-state index >= 15 is 0 Å². The van der Waals surface area contributed by atoms with E-state index in [1.54, 1.807) is 13.8 Å². The predicted molar refractivity (Wildman–Crippen MR) is 68.5 cm³/mol. The number of hydrogen-bond donors (Lipinski definition) is 1. The first-order chi connectivity index (χ1) is 8.79. The SMILES string of the molecule is CCC(C)(C)C(=O)C(=O)N1C2CCC(C2)C1C(=O)O. The van der Waals surface area contributed by atoms with Crippen molar-refractivity contribution >= 4 is 17.7 Å². The van der Waals surface area contributed by atoms with Gasteiger partial charge in [-0.25, -0.2) is 4.79 Å². The molecule has 0 spiro atoms. The molecule has 19 heavy (non-hydrogen) atoms. The topological polar surface area (TPSA) is 74.7 Å². The highest BCUT2D eigenvalue weighted by atomic mass is 16.4. The van der Waals surface area contributed by atoms with E-state index in [0.717, 1.165) is 19.3 Å². The Morgan fingerprint density at radius 2 is 1.89 bits per heavy atom. The lowest BCUT2D eigenvalue weighted by Crippen LogP contribution is -2.53. The van der Waals surface area contributed by atoms with Crippen molar-refractivity contribution in [3.63, 3.8) is 0 Å². The number of carboxylic acids is 1. The summed E-state index contributed by atoms with van der Waals surface area (Å²) in [6.45, 7) is 5.32. The fourth-order valence-electron chi connectivity index (χ4n) is 3.17. The molecule has 1 heterocycles. The summed E-state index contributed by atoms with van der Waals surface area (Å²) in [6.07, 6.45) is 2.95. The van der Waals surface area contributed by atoms with Crippen molar-refractivity contribution in [2.24, 2.45) is 11.3 Å². The molecule has 5 heteroatoms. The van der Waals surface area contributed by atoms with Gasteiger partial charge in [-0.2, -0.15) is 0 Å². The largest absolute Gasteiger partial charge is 0.480 e. The van der Waals surface area contributed by atoms with E-state index < -0.39 is 29.1 Å². The summed E-state index contributed by atoms with van der Waals surface area (Å²) >= 11 is 0. The Balaban J connectivity index is 2.23. The number of fused-ring (bicyclic) bond motifs is 2. The number of carboxylic acid groups (broad SMARTS) is 1. The van der Waals surface area contributed by atoms with Gasteiger partial charge in [0.1, 0.15) is 6.04 Å².